The summed E-state index contributed by atoms with van der Waals surface area (Å²) in [5, 5.41) is 23.3. The topological polar surface area (TPSA) is 95.9 Å². The first-order valence-electron chi connectivity index (χ1n) is 37.2. The van der Waals surface area contributed by atoms with Crippen LogP contribution in [0.3, 0.4) is 0 Å². The number of hydrogen-bond acceptors (Lipinski definition) is 5. The molecule has 0 fully saturated rings. The van der Waals surface area contributed by atoms with Crippen LogP contribution in [0.4, 0.5) is 0 Å². The number of amides is 1. The zero-order valence-electron chi connectivity index (χ0n) is 55.5. The van der Waals surface area contributed by atoms with E-state index in [9.17, 15) is 19.8 Å². The molecule has 6 heteroatoms. The highest BCUT2D eigenvalue weighted by atomic mass is 16.5. The second-order valence-electron chi connectivity index (χ2n) is 25.6. The molecule has 3 N–H and O–H groups in total. The van der Waals surface area contributed by atoms with Gasteiger partial charge in [-0.3, -0.25) is 9.59 Å². The first-order valence-corrected chi connectivity index (χ1v) is 37.2. The van der Waals surface area contributed by atoms with Gasteiger partial charge in [-0.25, -0.2) is 0 Å². The molecule has 0 aromatic rings. The van der Waals surface area contributed by atoms with E-state index in [0.717, 1.165) is 51.4 Å². The molecule has 0 aliphatic rings. The third-order valence-corrected chi connectivity index (χ3v) is 17.4. The predicted molar refractivity (Wildman–Crippen MR) is 361 cm³/mol. The van der Waals surface area contributed by atoms with Gasteiger partial charge in [-0.2, -0.15) is 0 Å². The maximum absolute atomic E-state index is 12.5. The molecule has 0 aromatic heterocycles. The zero-order chi connectivity index (χ0) is 59.2. The van der Waals surface area contributed by atoms with Crippen LogP contribution in [0.15, 0.2) is 36.5 Å². The van der Waals surface area contributed by atoms with Crippen molar-refractivity contribution in [3.8, 4) is 0 Å². The van der Waals surface area contributed by atoms with Crippen LogP contribution in [0.1, 0.15) is 412 Å². The van der Waals surface area contributed by atoms with Crippen LogP contribution >= 0.6 is 0 Å². The van der Waals surface area contributed by atoms with Crippen LogP contribution in [0.2, 0.25) is 0 Å². The normalized spacial score (nSPS) is 12.7. The van der Waals surface area contributed by atoms with Gasteiger partial charge < -0.3 is 20.3 Å². The summed E-state index contributed by atoms with van der Waals surface area (Å²) in [4.78, 5) is 24.6. The molecule has 0 spiro atoms. The van der Waals surface area contributed by atoms with E-state index < -0.39 is 12.1 Å². The van der Waals surface area contributed by atoms with E-state index in [1.165, 1.54) is 327 Å². The number of aliphatic hydroxyl groups excluding tert-OH is 2. The Bertz CT molecular complexity index is 1330. The molecule has 0 aliphatic heterocycles. The fraction of sp³-hybridized carbons (Fsp3) is 0.895. The Morgan fingerprint density at radius 1 is 0.341 bits per heavy atom. The van der Waals surface area contributed by atoms with Crippen molar-refractivity contribution in [2.75, 3.05) is 13.2 Å². The van der Waals surface area contributed by atoms with Gasteiger partial charge >= 0.3 is 5.97 Å². The Hall–Kier alpha value is -1.92. The Balaban J connectivity index is 3.37. The van der Waals surface area contributed by atoms with Gasteiger partial charge in [0.2, 0.25) is 5.91 Å². The van der Waals surface area contributed by atoms with Crippen LogP contribution in [-0.2, 0) is 14.3 Å². The number of nitrogens with one attached hydrogen (secondary N) is 1. The van der Waals surface area contributed by atoms with Crippen LogP contribution in [0.5, 0.6) is 0 Å². The average molecular weight is 1150 g/mol. The molecule has 0 aliphatic carbocycles. The average Bonchev–Trinajstić information content (AvgIpc) is 3.48. The second kappa shape index (κ2) is 71.6. The van der Waals surface area contributed by atoms with Gasteiger partial charge in [0.1, 0.15) is 0 Å². The highest BCUT2D eigenvalue weighted by molar-refractivity contribution is 5.76. The van der Waals surface area contributed by atoms with E-state index in [4.69, 9.17) is 4.74 Å². The Morgan fingerprint density at radius 2 is 0.610 bits per heavy atom. The molecule has 484 valence electrons. The van der Waals surface area contributed by atoms with Crippen molar-refractivity contribution >= 4 is 11.9 Å². The predicted octanol–water partition coefficient (Wildman–Crippen LogP) is 24.3. The number of hydrogen-bond donors (Lipinski definition) is 3. The molecule has 0 heterocycles. The lowest BCUT2D eigenvalue weighted by atomic mass is 10.0. The van der Waals surface area contributed by atoms with Crippen LogP contribution in [-0.4, -0.2) is 47.4 Å². The summed E-state index contributed by atoms with van der Waals surface area (Å²) in [5.41, 5.74) is 0. The lowest BCUT2D eigenvalue weighted by molar-refractivity contribution is -0.143. The first-order chi connectivity index (χ1) is 40.5. The van der Waals surface area contributed by atoms with Crippen molar-refractivity contribution in [1.29, 1.82) is 0 Å². The summed E-state index contributed by atoms with van der Waals surface area (Å²) >= 11 is 0. The number of allylic oxidation sites excluding steroid dienone is 6. The summed E-state index contributed by atoms with van der Waals surface area (Å²) in [6.07, 6.45) is 92.1. The highest BCUT2D eigenvalue weighted by Gasteiger charge is 2.20. The minimum atomic E-state index is -0.663. The number of rotatable bonds is 70. The molecule has 2 atom stereocenters. The molecule has 0 radical (unpaired) electrons. The fourth-order valence-corrected chi connectivity index (χ4v) is 11.7. The Morgan fingerprint density at radius 3 is 0.939 bits per heavy atom. The number of unbranched alkanes of at least 4 members (excludes halogenated alkanes) is 53. The molecule has 6 nitrogen and oxygen atoms in total. The molecule has 0 saturated carbocycles. The van der Waals surface area contributed by atoms with Crippen molar-refractivity contribution in [3.05, 3.63) is 36.5 Å². The molecule has 1 amide bonds. The zero-order valence-corrected chi connectivity index (χ0v) is 55.5. The standard InChI is InChI=1S/C76H145NO5/c1-3-5-7-9-11-13-15-17-19-37-42-46-50-54-58-62-66-70-76(81)82-71-67-63-59-55-51-47-43-39-36-34-32-30-28-26-24-22-20-21-23-25-27-29-31-33-35-38-41-45-49-53-57-61-65-69-75(80)77-73(72-78)74(79)68-64-60-56-52-48-44-40-18-16-14-12-10-8-6-4-2/h17,19,24,26,30,32,73-74,78-79H,3-16,18,20-23,25,27-29,31,33-72H2,1-2H3,(H,77,80)/b19-17-,26-24-,32-30-. The van der Waals surface area contributed by atoms with Crippen molar-refractivity contribution in [2.24, 2.45) is 0 Å². The van der Waals surface area contributed by atoms with Gasteiger partial charge in [0.15, 0.2) is 0 Å². The second-order valence-corrected chi connectivity index (χ2v) is 25.6. The van der Waals surface area contributed by atoms with Gasteiger partial charge in [0.05, 0.1) is 25.4 Å². The Labute approximate surface area is 513 Å². The van der Waals surface area contributed by atoms with Crippen molar-refractivity contribution in [1.82, 2.24) is 5.32 Å². The van der Waals surface area contributed by atoms with E-state index >= 15 is 0 Å². The number of ether oxygens (including phenoxy) is 1. The number of esters is 1. The van der Waals surface area contributed by atoms with Gasteiger partial charge in [0.25, 0.3) is 0 Å². The van der Waals surface area contributed by atoms with Gasteiger partial charge in [0, 0.05) is 12.8 Å². The molecular formula is C76H145NO5. The van der Waals surface area contributed by atoms with Crippen molar-refractivity contribution in [3.63, 3.8) is 0 Å². The number of carbonyl (C=O) groups excluding carboxylic acids is 2. The lowest BCUT2D eigenvalue weighted by Gasteiger charge is -2.22. The first kappa shape index (κ1) is 80.1. The largest absolute Gasteiger partial charge is 0.466 e. The van der Waals surface area contributed by atoms with E-state index in [1.807, 2.05) is 0 Å². The van der Waals surface area contributed by atoms with Crippen LogP contribution in [0.25, 0.3) is 0 Å². The fourth-order valence-electron chi connectivity index (χ4n) is 11.7. The summed E-state index contributed by atoms with van der Waals surface area (Å²) in [5.74, 6) is -0.0189. The quantitative estimate of drug-likeness (QED) is 0.0320. The summed E-state index contributed by atoms with van der Waals surface area (Å²) in [6, 6.07) is -0.540. The van der Waals surface area contributed by atoms with E-state index in [0.29, 0.717) is 25.9 Å². The molecule has 0 bridgehead atoms. The smallest absolute Gasteiger partial charge is 0.305 e. The van der Waals surface area contributed by atoms with E-state index in [2.05, 4.69) is 55.6 Å². The highest BCUT2D eigenvalue weighted by Crippen LogP contribution is 2.19. The number of aliphatic hydroxyl groups is 2. The third-order valence-electron chi connectivity index (χ3n) is 17.4. The van der Waals surface area contributed by atoms with E-state index in [-0.39, 0.29) is 18.5 Å². The maximum atomic E-state index is 12.5. The summed E-state index contributed by atoms with van der Waals surface area (Å²) < 4.78 is 5.50. The van der Waals surface area contributed by atoms with Crippen LogP contribution in [0, 0.1) is 0 Å². The van der Waals surface area contributed by atoms with Gasteiger partial charge in [-0.1, -0.05) is 352 Å². The summed E-state index contributed by atoms with van der Waals surface area (Å²) in [6.45, 7) is 4.98. The van der Waals surface area contributed by atoms with Crippen molar-refractivity contribution in [2.45, 2.75) is 424 Å². The monoisotopic (exact) mass is 1150 g/mol. The molecule has 82 heavy (non-hydrogen) atoms. The van der Waals surface area contributed by atoms with E-state index in [1.54, 1.807) is 0 Å². The third kappa shape index (κ3) is 67.2. The molecule has 0 aromatic carbocycles. The molecule has 2 unspecified atom stereocenters. The Kier molecular flexibility index (Phi) is 69.9. The molecule has 0 rings (SSSR count). The molecular weight excluding hydrogens is 1010 g/mol. The lowest BCUT2D eigenvalue weighted by Crippen LogP contribution is -2.45. The number of carbonyl (C=O) groups is 2. The minimum absolute atomic E-state index is 0.0114. The minimum Gasteiger partial charge on any atom is -0.466 e. The summed E-state index contributed by atoms with van der Waals surface area (Å²) in [7, 11) is 0. The maximum Gasteiger partial charge on any atom is 0.305 e. The van der Waals surface area contributed by atoms with Crippen LogP contribution < -0.4 is 5.32 Å². The van der Waals surface area contributed by atoms with Crippen molar-refractivity contribution < 1.29 is 24.5 Å². The SMILES string of the molecule is CCCCCCCC/C=C\CCCCCCCCCC(=O)OCCCCCCCCCCC/C=C\C/C=C\CCCCCCCCCCCCCCCCCCCC(=O)NC(CO)C(O)CCCCCCCCCCCCCCCCC. The van der Waals surface area contributed by atoms with Gasteiger partial charge in [-0.15, -0.1) is 0 Å². The molecule has 0 saturated heterocycles. The van der Waals surface area contributed by atoms with Gasteiger partial charge in [-0.05, 0) is 83.5 Å².